The van der Waals surface area contributed by atoms with E-state index in [4.69, 9.17) is 0 Å². The van der Waals surface area contributed by atoms with Gasteiger partial charge in [-0.25, -0.2) is 0 Å². The van der Waals surface area contributed by atoms with Gasteiger partial charge in [0.2, 0.25) is 0 Å². The summed E-state index contributed by atoms with van der Waals surface area (Å²) in [5, 5.41) is 15.9. The quantitative estimate of drug-likeness (QED) is 0.665. The zero-order chi connectivity index (χ0) is 12.9. The minimum atomic E-state index is 0.806. The molecule has 0 aliphatic carbocycles. The molecule has 0 aliphatic rings. The molecule has 0 unspecified atom stereocenters. The molecule has 0 bridgehead atoms. The molecule has 0 fully saturated rings. The van der Waals surface area contributed by atoms with Crippen LogP contribution in [0.2, 0.25) is 0 Å². The van der Waals surface area contributed by atoms with Crippen LogP contribution in [-0.2, 0) is 0 Å². The Labute approximate surface area is 110 Å². The molecule has 2 aromatic carbocycles. The van der Waals surface area contributed by atoms with Gasteiger partial charge in [-0.15, -0.1) is 10.2 Å². The van der Waals surface area contributed by atoms with Gasteiger partial charge in [0.1, 0.15) is 12.7 Å². The summed E-state index contributed by atoms with van der Waals surface area (Å²) >= 11 is 0. The van der Waals surface area contributed by atoms with E-state index in [1.54, 1.807) is 12.7 Å². The number of hydrogen-bond acceptors (Lipinski definition) is 4. The second kappa shape index (κ2) is 5.22. The third kappa shape index (κ3) is 2.71. The molecule has 0 aliphatic heterocycles. The summed E-state index contributed by atoms with van der Waals surface area (Å²) in [6.45, 7) is 0. The van der Waals surface area contributed by atoms with E-state index in [1.165, 1.54) is 0 Å². The predicted molar refractivity (Wildman–Crippen MR) is 72.0 cm³/mol. The van der Waals surface area contributed by atoms with Gasteiger partial charge in [0.25, 0.3) is 0 Å². The molecule has 0 saturated carbocycles. The number of aromatic nitrogens is 3. The minimum absolute atomic E-state index is 0.806. The smallest absolute Gasteiger partial charge is 0.123 e. The van der Waals surface area contributed by atoms with Crippen LogP contribution in [0.1, 0.15) is 0 Å². The summed E-state index contributed by atoms with van der Waals surface area (Å²) in [7, 11) is 0. The third-order valence-electron chi connectivity index (χ3n) is 2.60. The van der Waals surface area contributed by atoms with E-state index < -0.39 is 0 Å². The molecule has 92 valence electrons. The van der Waals surface area contributed by atoms with Crippen molar-refractivity contribution in [2.45, 2.75) is 0 Å². The molecule has 19 heavy (non-hydrogen) atoms. The van der Waals surface area contributed by atoms with Crippen LogP contribution in [0.15, 0.2) is 77.5 Å². The first-order valence-corrected chi connectivity index (χ1v) is 5.84. The number of rotatable bonds is 3. The maximum absolute atomic E-state index is 4.18. The average Bonchev–Trinajstić information content (AvgIpc) is 3.01. The van der Waals surface area contributed by atoms with Crippen molar-refractivity contribution in [3.63, 3.8) is 0 Å². The summed E-state index contributed by atoms with van der Waals surface area (Å²) in [6, 6.07) is 17.3. The fourth-order valence-corrected chi connectivity index (χ4v) is 1.64. The Morgan fingerprint density at radius 3 is 1.89 bits per heavy atom. The van der Waals surface area contributed by atoms with Crippen LogP contribution >= 0.6 is 0 Å². The Hall–Kier alpha value is -2.82. The van der Waals surface area contributed by atoms with Gasteiger partial charge in [0.15, 0.2) is 0 Å². The van der Waals surface area contributed by atoms with E-state index in [0.29, 0.717) is 0 Å². The Balaban J connectivity index is 1.78. The highest BCUT2D eigenvalue weighted by molar-refractivity contribution is 5.45. The van der Waals surface area contributed by atoms with E-state index >= 15 is 0 Å². The van der Waals surface area contributed by atoms with Gasteiger partial charge < -0.3 is 0 Å². The largest absolute Gasteiger partial charge is 0.288 e. The highest BCUT2D eigenvalue weighted by Crippen LogP contribution is 2.19. The maximum atomic E-state index is 4.18. The van der Waals surface area contributed by atoms with Gasteiger partial charge in [-0.3, -0.25) is 4.57 Å². The van der Waals surface area contributed by atoms with E-state index in [0.717, 1.165) is 17.1 Å². The second-order valence-electron chi connectivity index (χ2n) is 3.92. The van der Waals surface area contributed by atoms with Gasteiger partial charge in [-0.05, 0) is 36.4 Å². The van der Waals surface area contributed by atoms with Crippen molar-refractivity contribution >= 4 is 11.4 Å². The van der Waals surface area contributed by atoms with Crippen molar-refractivity contribution in [3.05, 3.63) is 67.3 Å². The molecular weight excluding hydrogens is 238 g/mol. The average molecular weight is 249 g/mol. The van der Waals surface area contributed by atoms with Crippen molar-refractivity contribution in [2.75, 3.05) is 0 Å². The molecule has 0 amide bonds. The summed E-state index contributed by atoms with van der Waals surface area (Å²) in [4.78, 5) is 0. The summed E-state index contributed by atoms with van der Waals surface area (Å²) < 4.78 is 1.83. The lowest BCUT2D eigenvalue weighted by atomic mass is 10.3. The van der Waals surface area contributed by atoms with Crippen LogP contribution in [0, 0.1) is 0 Å². The normalized spacial score (nSPS) is 10.9. The summed E-state index contributed by atoms with van der Waals surface area (Å²) in [5.74, 6) is 0. The monoisotopic (exact) mass is 249 g/mol. The first kappa shape index (κ1) is 11.3. The van der Waals surface area contributed by atoms with Gasteiger partial charge in [0, 0.05) is 5.69 Å². The Morgan fingerprint density at radius 1 is 0.684 bits per heavy atom. The summed E-state index contributed by atoms with van der Waals surface area (Å²) in [6.07, 6.45) is 3.31. The van der Waals surface area contributed by atoms with Gasteiger partial charge in [-0.2, -0.15) is 10.2 Å². The van der Waals surface area contributed by atoms with Crippen molar-refractivity contribution in [3.8, 4) is 5.69 Å². The highest BCUT2D eigenvalue weighted by Gasteiger charge is 1.96. The molecule has 1 aromatic heterocycles. The lowest BCUT2D eigenvalue weighted by Gasteiger charge is -2.00. The minimum Gasteiger partial charge on any atom is -0.288 e. The second-order valence-corrected chi connectivity index (χ2v) is 3.92. The van der Waals surface area contributed by atoms with E-state index in [-0.39, 0.29) is 0 Å². The molecular formula is C14H11N5. The lowest BCUT2D eigenvalue weighted by Crippen LogP contribution is -1.87. The SMILES string of the molecule is c1ccc(N=Nc2ccc(-n3cnnc3)cc2)cc1. The third-order valence-corrected chi connectivity index (χ3v) is 2.60. The van der Waals surface area contributed by atoms with E-state index in [9.17, 15) is 0 Å². The first-order chi connectivity index (χ1) is 9.42. The number of azo groups is 1. The van der Waals surface area contributed by atoms with Crippen molar-refractivity contribution in [1.29, 1.82) is 0 Å². The molecule has 3 rings (SSSR count). The first-order valence-electron chi connectivity index (χ1n) is 5.84. The molecule has 0 N–H and O–H groups in total. The highest BCUT2D eigenvalue weighted by atomic mass is 15.2. The Bertz CT molecular complexity index is 657. The molecule has 0 spiro atoms. The maximum Gasteiger partial charge on any atom is 0.123 e. The molecule has 5 heteroatoms. The topological polar surface area (TPSA) is 55.4 Å². The Kier molecular flexibility index (Phi) is 3.10. The van der Waals surface area contributed by atoms with Crippen LogP contribution in [0.3, 0.4) is 0 Å². The molecule has 3 aromatic rings. The summed E-state index contributed by atoms with van der Waals surface area (Å²) in [5.41, 5.74) is 2.63. The molecule has 5 nitrogen and oxygen atoms in total. The molecule has 0 saturated heterocycles. The predicted octanol–water partition coefficient (Wildman–Crippen LogP) is 3.68. The van der Waals surface area contributed by atoms with Gasteiger partial charge in [0.05, 0.1) is 11.4 Å². The molecule has 0 atom stereocenters. The standard InChI is InChI=1S/C14H11N5/c1-2-4-12(5-3-1)17-18-13-6-8-14(9-7-13)19-10-15-16-11-19/h1-11H. The zero-order valence-corrected chi connectivity index (χ0v) is 10.1. The number of benzene rings is 2. The molecule has 1 heterocycles. The zero-order valence-electron chi connectivity index (χ0n) is 10.1. The Morgan fingerprint density at radius 2 is 1.26 bits per heavy atom. The van der Waals surface area contributed by atoms with Crippen LogP contribution in [0.25, 0.3) is 5.69 Å². The van der Waals surface area contributed by atoms with Crippen LogP contribution in [-0.4, -0.2) is 14.8 Å². The van der Waals surface area contributed by atoms with Gasteiger partial charge >= 0.3 is 0 Å². The van der Waals surface area contributed by atoms with Crippen LogP contribution < -0.4 is 0 Å². The fraction of sp³-hybridized carbons (Fsp3) is 0. The fourth-order valence-electron chi connectivity index (χ4n) is 1.64. The van der Waals surface area contributed by atoms with Crippen molar-refractivity contribution in [1.82, 2.24) is 14.8 Å². The number of nitrogens with zero attached hydrogens (tertiary/aromatic N) is 5. The van der Waals surface area contributed by atoms with Crippen LogP contribution in [0.5, 0.6) is 0 Å². The molecule has 0 radical (unpaired) electrons. The van der Waals surface area contributed by atoms with Crippen molar-refractivity contribution in [2.24, 2.45) is 10.2 Å². The van der Waals surface area contributed by atoms with E-state index in [1.807, 2.05) is 59.2 Å². The van der Waals surface area contributed by atoms with Crippen LogP contribution in [0.4, 0.5) is 11.4 Å². The van der Waals surface area contributed by atoms with Crippen molar-refractivity contribution < 1.29 is 0 Å². The van der Waals surface area contributed by atoms with Gasteiger partial charge in [-0.1, -0.05) is 18.2 Å². The number of hydrogen-bond donors (Lipinski definition) is 0. The lowest BCUT2D eigenvalue weighted by molar-refractivity contribution is 1.05. The van der Waals surface area contributed by atoms with E-state index in [2.05, 4.69) is 20.4 Å².